The van der Waals surface area contributed by atoms with Gasteiger partial charge in [-0.1, -0.05) is 32.6 Å². The summed E-state index contributed by atoms with van der Waals surface area (Å²) in [6.45, 7) is 2.07. The first-order valence-corrected chi connectivity index (χ1v) is 6.85. The molecule has 5 heteroatoms. The number of urea groups is 1. The van der Waals surface area contributed by atoms with E-state index in [-0.39, 0.29) is 12.1 Å². The molecule has 0 spiro atoms. The Labute approximate surface area is 107 Å². The minimum Gasteiger partial charge on any atom is -0.480 e. The van der Waals surface area contributed by atoms with Crippen molar-refractivity contribution < 1.29 is 14.7 Å². The van der Waals surface area contributed by atoms with Gasteiger partial charge in [-0.25, -0.2) is 9.59 Å². The molecule has 2 fully saturated rings. The van der Waals surface area contributed by atoms with Crippen LogP contribution in [0.25, 0.3) is 0 Å². The maximum Gasteiger partial charge on any atom is 0.329 e. The number of amides is 2. The number of carbonyl (C=O) groups excluding carboxylic acids is 1. The van der Waals surface area contributed by atoms with Crippen LogP contribution in [0.5, 0.6) is 0 Å². The summed E-state index contributed by atoms with van der Waals surface area (Å²) in [5, 5.41) is 15.0. The Bertz CT molecular complexity index is 335. The van der Waals surface area contributed by atoms with Crippen LogP contribution in [0, 0.1) is 5.92 Å². The summed E-state index contributed by atoms with van der Waals surface area (Å²) in [6, 6.07) is -0.102. The molecule has 18 heavy (non-hydrogen) atoms. The van der Waals surface area contributed by atoms with Crippen LogP contribution in [-0.2, 0) is 4.79 Å². The molecule has 0 aromatic carbocycles. The first-order chi connectivity index (χ1) is 8.53. The van der Waals surface area contributed by atoms with Crippen molar-refractivity contribution in [1.29, 1.82) is 0 Å². The molecule has 3 N–H and O–H groups in total. The quantitative estimate of drug-likeness (QED) is 0.673. The maximum atomic E-state index is 11.8. The van der Waals surface area contributed by atoms with Gasteiger partial charge in [0.15, 0.2) is 0 Å². The Balaban J connectivity index is 1.96. The van der Waals surface area contributed by atoms with Gasteiger partial charge in [-0.05, 0) is 25.2 Å². The Morgan fingerprint density at radius 3 is 2.17 bits per heavy atom. The zero-order chi connectivity index (χ0) is 13.2. The second-order valence-electron chi connectivity index (χ2n) is 5.72. The van der Waals surface area contributed by atoms with Crippen LogP contribution in [0.15, 0.2) is 0 Å². The van der Waals surface area contributed by atoms with Crippen LogP contribution in [0.2, 0.25) is 0 Å². The standard InChI is InChI=1S/C13H22N2O3/c1-9-8-10(9)14-12(18)15-13(11(16)17)6-4-2-3-5-7-13/h9-10H,2-8H2,1H3,(H,16,17)(H2,14,15,18). The molecule has 0 heterocycles. The van der Waals surface area contributed by atoms with E-state index in [1.807, 2.05) is 0 Å². The molecule has 0 bridgehead atoms. The number of hydrogen-bond acceptors (Lipinski definition) is 2. The van der Waals surface area contributed by atoms with Crippen LogP contribution in [0.4, 0.5) is 4.79 Å². The highest BCUT2D eigenvalue weighted by molar-refractivity contribution is 5.86. The van der Waals surface area contributed by atoms with E-state index in [4.69, 9.17) is 0 Å². The van der Waals surface area contributed by atoms with Gasteiger partial charge in [0.05, 0.1) is 0 Å². The van der Waals surface area contributed by atoms with Gasteiger partial charge >= 0.3 is 12.0 Å². The third-order valence-corrected chi connectivity index (χ3v) is 4.15. The minimum atomic E-state index is -1.06. The molecule has 0 aromatic rings. The van der Waals surface area contributed by atoms with Gasteiger partial charge in [-0.3, -0.25) is 0 Å². The highest BCUT2D eigenvalue weighted by Gasteiger charge is 2.41. The molecule has 2 atom stereocenters. The highest BCUT2D eigenvalue weighted by atomic mass is 16.4. The van der Waals surface area contributed by atoms with Gasteiger partial charge in [-0.15, -0.1) is 0 Å². The Morgan fingerprint density at radius 2 is 1.72 bits per heavy atom. The molecule has 0 aromatic heterocycles. The van der Waals surface area contributed by atoms with E-state index in [1.165, 1.54) is 0 Å². The second-order valence-corrected chi connectivity index (χ2v) is 5.72. The minimum absolute atomic E-state index is 0.224. The molecule has 0 radical (unpaired) electrons. The van der Waals surface area contributed by atoms with Crippen molar-refractivity contribution in [3.05, 3.63) is 0 Å². The lowest BCUT2D eigenvalue weighted by Crippen LogP contribution is -2.57. The predicted molar refractivity (Wildman–Crippen MR) is 67.3 cm³/mol. The number of aliphatic carboxylic acids is 1. The SMILES string of the molecule is CC1CC1NC(=O)NC1(C(=O)O)CCCCCC1. The van der Waals surface area contributed by atoms with Gasteiger partial charge in [0, 0.05) is 6.04 Å². The van der Waals surface area contributed by atoms with Crippen molar-refractivity contribution in [2.45, 2.75) is 63.5 Å². The third-order valence-electron chi connectivity index (χ3n) is 4.15. The fourth-order valence-electron chi connectivity index (χ4n) is 2.67. The van der Waals surface area contributed by atoms with E-state index in [0.717, 1.165) is 32.1 Å². The van der Waals surface area contributed by atoms with E-state index in [1.54, 1.807) is 0 Å². The summed E-state index contributed by atoms with van der Waals surface area (Å²) >= 11 is 0. The number of carbonyl (C=O) groups is 2. The van der Waals surface area contributed by atoms with Crippen LogP contribution in [-0.4, -0.2) is 28.7 Å². The summed E-state index contributed by atoms with van der Waals surface area (Å²) in [5.74, 6) is -0.381. The molecule has 0 saturated heterocycles. The topological polar surface area (TPSA) is 78.4 Å². The second kappa shape index (κ2) is 5.16. The van der Waals surface area contributed by atoms with Gasteiger partial charge in [0.1, 0.15) is 5.54 Å². The van der Waals surface area contributed by atoms with Gasteiger partial charge in [-0.2, -0.15) is 0 Å². The molecular formula is C13H22N2O3. The Kier molecular flexibility index (Phi) is 3.78. The summed E-state index contributed by atoms with van der Waals surface area (Å²) in [6.07, 6.45) is 5.91. The third kappa shape index (κ3) is 2.94. The van der Waals surface area contributed by atoms with Crippen molar-refractivity contribution in [3.8, 4) is 0 Å². The molecule has 2 aliphatic carbocycles. The summed E-state index contributed by atoms with van der Waals surface area (Å²) < 4.78 is 0. The monoisotopic (exact) mass is 254 g/mol. The number of nitrogens with one attached hydrogen (secondary N) is 2. The molecule has 5 nitrogen and oxygen atoms in total. The van der Waals surface area contributed by atoms with E-state index in [0.29, 0.717) is 18.8 Å². The normalized spacial score (nSPS) is 30.1. The Morgan fingerprint density at radius 1 is 1.17 bits per heavy atom. The van der Waals surface area contributed by atoms with Crippen molar-refractivity contribution in [3.63, 3.8) is 0 Å². The van der Waals surface area contributed by atoms with Gasteiger partial charge < -0.3 is 15.7 Å². The largest absolute Gasteiger partial charge is 0.480 e. The number of carboxylic acids is 1. The fraction of sp³-hybridized carbons (Fsp3) is 0.846. The molecular weight excluding hydrogens is 232 g/mol. The van der Waals surface area contributed by atoms with Crippen molar-refractivity contribution in [2.24, 2.45) is 5.92 Å². The van der Waals surface area contributed by atoms with Crippen LogP contribution >= 0.6 is 0 Å². The summed E-state index contributed by atoms with van der Waals surface area (Å²) in [5.41, 5.74) is -1.06. The smallest absolute Gasteiger partial charge is 0.329 e. The molecule has 102 valence electrons. The lowest BCUT2D eigenvalue weighted by atomic mass is 9.90. The number of rotatable bonds is 3. The fourth-order valence-corrected chi connectivity index (χ4v) is 2.67. The summed E-state index contributed by atoms with van der Waals surface area (Å²) in [7, 11) is 0. The van der Waals surface area contributed by atoms with E-state index in [9.17, 15) is 14.7 Å². The zero-order valence-corrected chi connectivity index (χ0v) is 10.9. The molecule has 2 aliphatic rings. The first kappa shape index (κ1) is 13.2. The van der Waals surface area contributed by atoms with Crippen LogP contribution < -0.4 is 10.6 Å². The average Bonchev–Trinajstić information content (AvgIpc) is 3.02. The highest BCUT2D eigenvalue weighted by Crippen LogP contribution is 2.30. The van der Waals surface area contributed by atoms with E-state index in [2.05, 4.69) is 17.6 Å². The van der Waals surface area contributed by atoms with Crippen molar-refractivity contribution in [1.82, 2.24) is 10.6 Å². The van der Waals surface area contributed by atoms with E-state index < -0.39 is 11.5 Å². The molecule has 2 unspecified atom stereocenters. The van der Waals surface area contributed by atoms with Gasteiger partial charge in [0.2, 0.25) is 0 Å². The van der Waals surface area contributed by atoms with E-state index >= 15 is 0 Å². The Hall–Kier alpha value is -1.26. The molecule has 2 amide bonds. The maximum absolute atomic E-state index is 11.8. The van der Waals surface area contributed by atoms with Crippen LogP contribution in [0.3, 0.4) is 0 Å². The lowest BCUT2D eigenvalue weighted by molar-refractivity contribution is -0.145. The number of carboxylic acid groups (broad SMARTS) is 1. The first-order valence-electron chi connectivity index (χ1n) is 6.85. The molecule has 0 aliphatic heterocycles. The average molecular weight is 254 g/mol. The molecule has 2 rings (SSSR count). The van der Waals surface area contributed by atoms with Gasteiger partial charge in [0.25, 0.3) is 0 Å². The van der Waals surface area contributed by atoms with Crippen LogP contribution in [0.1, 0.15) is 51.9 Å². The van der Waals surface area contributed by atoms with Crippen molar-refractivity contribution >= 4 is 12.0 Å². The predicted octanol–water partition coefficient (Wildman–Crippen LogP) is 1.87. The zero-order valence-electron chi connectivity index (χ0n) is 10.9. The lowest BCUT2D eigenvalue weighted by Gasteiger charge is -2.29. The number of hydrogen-bond donors (Lipinski definition) is 3. The van der Waals surface area contributed by atoms with Crippen molar-refractivity contribution in [2.75, 3.05) is 0 Å². The summed E-state index contributed by atoms with van der Waals surface area (Å²) in [4.78, 5) is 23.3. The molecule has 2 saturated carbocycles.